The van der Waals surface area contributed by atoms with Crippen molar-refractivity contribution in [1.29, 1.82) is 0 Å². The Morgan fingerprint density at radius 1 is 1.29 bits per heavy atom. The lowest BCUT2D eigenvalue weighted by Gasteiger charge is -2.25. The third kappa shape index (κ3) is 2.65. The number of likely N-dealkylation sites (tertiary alicyclic amines) is 1. The average Bonchev–Trinajstić information content (AvgIpc) is 2.55. The van der Waals surface area contributed by atoms with Crippen molar-refractivity contribution in [2.45, 2.75) is 38.5 Å². The number of thiol groups is 1. The molecule has 1 saturated heterocycles. The summed E-state index contributed by atoms with van der Waals surface area (Å²) in [7, 11) is 0. The Bertz CT molecular complexity index is 424. The molecule has 0 saturated carbocycles. The van der Waals surface area contributed by atoms with Crippen LogP contribution in [0.3, 0.4) is 0 Å². The number of amides is 1. The second kappa shape index (κ2) is 4.73. The van der Waals surface area contributed by atoms with Gasteiger partial charge in [0, 0.05) is 18.2 Å². The summed E-state index contributed by atoms with van der Waals surface area (Å²) in [4.78, 5) is 13.8. The first kappa shape index (κ1) is 12.5. The van der Waals surface area contributed by atoms with Gasteiger partial charge in [0.05, 0.1) is 6.04 Å². The highest BCUT2D eigenvalue weighted by molar-refractivity contribution is 7.81. The summed E-state index contributed by atoms with van der Waals surface area (Å²) in [5.74, 6) is 0.219. The summed E-state index contributed by atoms with van der Waals surface area (Å²) < 4.78 is 0. The molecule has 0 aliphatic carbocycles. The summed E-state index contributed by atoms with van der Waals surface area (Å²) in [6, 6.07) is 6.63. The Morgan fingerprint density at radius 3 is 2.35 bits per heavy atom. The highest BCUT2D eigenvalue weighted by atomic mass is 32.1. The van der Waals surface area contributed by atoms with Crippen LogP contribution in [0.15, 0.2) is 18.2 Å². The van der Waals surface area contributed by atoms with Gasteiger partial charge in [-0.1, -0.05) is 29.3 Å². The van der Waals surface area contributed by atoms with E-state index in [0.29, 0.717) is 6.42 Å². The van der Waals surface area contributed by atoms with E-state index in [1.165, 1.54) is 16.7 Å². The molecule has 2 rings (SSSR count). The van der Waals surface area contributed by atoms with Gasteiger partial charge < -0.3 is 4.90 Å². The minimum absolute atomic E-state index is 0.151. The molecular weight excluding hydrogens is 230 g/mol. The molecule has 1 aromatic carbocycles. The second-order valence-corrected chi connectivity index (χ2v) is 5.73. The molecular formula is C14H19NOS. The van der Waals surface area contributed by atoms with Crippen molar-refractivity contribution in [3.8, 4) is 0 Å². The number of aryl methyl sites for hydroxylation is 2. The number of nitrogens with zero attached hydrogens (tertiary/aromatic N) is 1. The van der Waals surface area contributed by atoms with E-state index in [1.807, 2.05) is 4.90 Å². The number of hydrogen-bond acceptors (Lipinski definition) is 2. The lowest BCUT2D eigenvalue weighted by atomic mass is 10.0. The fourth-order valence-electron chi connectivity index (χ4n) is 2.52. The van der Waals surface area contributed by atoms with Crippen LogP contribution in [0.2, 0.25) is 0 Å². The van der Waals surface area contributed by atoms with Gasteiger partial charge in [0.25, 0.3) is 0 Å². The third-order valence-corrected chi connectivity index (χ3v) is 3.68. The molecule has 1 heterocycles. The van der Waals surface area contributed by atoms with Crippen LogP contribution in [-0.4, -0.2) is 22.6 Å². The Balaban J connectivity index is 2.24. The van der Waals surface area contributed by atoms with E-state index in [1.54, 1.807) is 0 Å². The molecule has 0 bridgehead atoms. The highest BCUT2D eigenvalue weighted by Gasteiger charge is 2.31. The second-order valence-electron chi connectivity index (χ2n) is 5.00. The predicted molar refractivity (Wildman–Crippen MR) is 73.4 cm³/mol. The van der Waals surface area contributed by atoms with E-state index in [4.69, 9.17) is 0 Å². The summed E-state index contributed by atoms with van der Waals surface area (Å²) >= 11 is 4.40. The minimum atomic E-state index is 0.151. The van der Waals surface area contributed by atoms with Crippen LogP contribution in [0.1, 0.15) is 36.1 Å². The maximum absolute atomic E-state index is 11.8. The van der Waals surface area contributed by atoms with Gasteiger partial charge >= 0.3 is 0 Å². The van der Waals surface area contributed by atoms with Gasteiger partial charge in [0.15, 0.2) is 0 Å². The number of carbonyl (C=O) groups excluding carboxylic acids is 1. The topological polar surface area (TPSA) is 20.3 Å². The quantitative estimate of drug-likeness (QED) is 0.799. The first-order valence-electron chi connectivity index (χ1n) is 6.03. The van der Waals surface area contributed by atoms with Crippen molar-refractivity contribution >= 4 is 18.5 Å². The first-order chi connectivity index (χ1) is 7.97. The summed E-state index contributed by atoms with van der Waals surface area (Å²) in [6.45, 7) is 7.04. The van der Waals surface area contributed by atoms with Crippen LogP contribution in [0.4, 0.5) is 0 Å². The molecule has 92 valence electrons. The van der Waals surface area contributed by atoms with Gasteiger partial charge in [-0.05, 0) is 26.3 Å². The van der Waals surface area contributed by atoms with Crippen molar-refractivity contribution in [3.63, 3.8) is 0 Å². The Kier molecular flexibility index (Phi) is 3.48. The van der Waals surface area contributed by atoms with Crippen LogP contribution < -0.4 is 0 Å². The smallest absolute Gasteiger partial charge is 0.224 e. The van der Waals surface area contributed by atoms with E-state index in [2.05, 4.69) is 51.6 Å². The van der Waals surface area contributed by atoms with Crippen LogP contribution in [0, 0.1) is 13.8 Å². The Labute approximate surface area is 108 Å². The van der Waals surface area contributed by atoms with Crippen molar-refractivity contribution in [1.82, 2.24) is 4.90 Å². The van der Waals surface area contributed by atoms with Crippen molar-refractivity contribution in [2.75, 3.05) is 6.54 Å². The number of benzene rings is 1. The van der Waals surface area contributed by atoms with Crippen molar-refractivity contribution in [2.24, 2.45) is 0 Å². The number of carbonyl (C=O) groups is 1. The summed E-state index contributed by atoms with van der Waals surface area (Å²) in [5.41, 5.74) is 3.72. The summed E-state index contributed by atoms with van der Waals surface area (Å²) in [6.07, 6.45) is 0.568. The SMILES string of the molecule is Cc1cc(C)cc(C(C)N2CC(S)CC2=O)c1. The zero-order chi connectivity index (χ0) is 12.6. The van der Waals surface area contributed by atoms with E-state index in [9.17, 15) is 4.79 Å². The zero-order valence-corrected chi connectivity index (χ0v) is 11.5. The minimum Gasteiger partial charge on any atom is -0.335 e. The molecule has 0 radical (unpaired) electrons. The molecule has 1 aliphatic heterocycles. The van der Waals surface area contributed by atoms with Crippen molar-refractivity contribution < 1.29 is 4.79 Å². The molecule has 3 heteroatoms. The molecule has 2 atom stereocenters. The molecule has 0 aromatic heterocycles. The van der Waals surface area contributed by atoms with E-state index >= 15 is 0 Å². The van der Waals surface area contributed by atoms with Crippen LogP contribution in [0.25, 0.3) is 0 Å². The van der Waals surface area contributed by atoms with Gasteiger partial charge in [-0.25, -0.2) is 0 Å². The predicted octanol–water partition coefficient (Wildman–Crippen LogP) is 2.90. The van der Waals surface area contributed by atoms with E-state index in [0.717, 1.165) is 6.54 Å². The standard InChI is InChI=1S/C14H19NOS/c1-9-4-10(2)6-12(5-9)11(3)15-8-13(17)7-14(15)16/h4-6,11,13,17H,7-8H2,1-3H3. The third-order valence-electron chi connectivity index (χ3n) is 3.33. The molecule has 1 aromatic rings. The van der Waals surface area contributed by atoms with Gasteiger partial charge in [0.2, 0.25) is 5.91 Å². The Hall–Kier alpha value is -0.960. The fourth-order valence-corrected chi connectivity index (χ4v) is 2.85. The maximum Gasteiger partial charge on any atom is 0.224 e. The van der Waals surface area contributed by atoms with E-state index in [-0.39, 0.29) is 17.2 Å². The molecule has 1 fully saturated rings. The molecule has 1 aliphatic rings. The summed E-state index contributed by atoms with van der Waals surface area (Å²) in [5, 5.41) is 0.191. The van der Waals surface area contributed by atoms with Gasteiger partial charge in [-0.15, -0.1) is 0 Å². The molecule has 2 nitrogen and oxygen atoms in total. The lowest BCUT2D eigenvalue weighted by Crippen LogP contribution is -2.28. The largest absolute Gasteiger partial charge is 0.335 e. The monoisotopic (exact) mass is 249 g/mol. The zero-order valence-electron chi connectivity index (χ0n) is 10.6. The molecule has 1 amide bonds. The fraction of sp³-hybridized carbons (Fsp3) is 0.500. The van der Waals surface area contributed by atoms with Gasteiger partial charge in [-0.3, -0.25) is 4.79 Å². The Morgan fingerprint density at radius 2 is 1.88 bits per heavy atom. The molecule has 0 spiro atoms. The van der Waals surface area contributed by atoms with Crippen molar-refractivity contribution in [3.05, 3.63) is 34.9 Å². The maximum atomic E-state index is 11.8. The number of rotatable bonds is 2. The number of hydrogen-bond donors (Lipinski definition) is 1. The average molecular weight is 249 g/mol. The van der Waals surface area contributed by atoms with Crippen LogP contribution >= 0.6 is 12.6 Å². The highest BCUT2D eigenvalue weighted by Crippen LogP contribution is 2.28. The lowest BCUT2D eigenvalue weighted by molar-refractivity contribution is -0.129. The van der Waals surface area contributed by atoms with E-state index < -0.39 is 0 Å². The van der Waals surface area contributed by atoms with Gasteiger partial charge in [0.1, 0.15) is 0 Å². The first-order valence-corrected chi connectivity index (χ1v) is 6.54. The van der Waals surface area contributed by atoms with Crippen LogP contribution in [0.5, 0.6) is 0 Å². The van der Waals surface area contributed by atoms with Gasteiger partial charge in [-0.2, -0.15) is 12.6 Å². The molecule has 0 N–H and O–H groups in total. The normalized spacial score (nSPS) is 22.0. The molecule has 17 heavy (non-hydrogen) atoms. The molecule has 2 unspecified atom stereocenters. The van der Waals surface area contributed by atoms with Crippen LogP contribution in [-0.2, 0) is 4.79 Å².